The summed E-state index contributed by atoms with van der Waals surface area (Å²) in [5.74, 6) is 5.88. The summed E-state index contributed by atoms with van der Waals surface area (Å²) in [4.78, 5) is 12.6. The highest BCUT2D eigenvalue weighted by atomic mass is 35.5. The van der Waals surface area contributed by atoms with Gasteiger partial charge in [0.15, 0.2) is 5.70 Å². The molecule has 0 aliphatic carbocycles. The largest absolute Gasteiger partial charge is 0.492 e. The Kier molecular flexibility index (Phi) is 10.3. The minimum absolute atomic E-state index is 0.0169. The van der Waals surface area contributed by atoms with Gasteiger partial charge in [0.2, 0.25) is 0 Å². The number of rotatable bonds is 11. The van der Waals surface area contributed by atoms with Gasteiger partial charge in [0, 0.05) is 4.90 Å². The molecule has 0 fully saturated rings. The molecule has 0 aromatic heterocycles. The summed E-state index contributed by atoms with van der Waals surface area (Å²) in [6.45, 7) is 6.87. The summed E-state index contributed by atoms with van der Waals surface area (Å²) in [6.07, 6.45) is 3.29. The van der Waals surface area contributed by atoms with Crippen molar-refractivity contribution in [2.75, 3.05) is 13.2 Å². The number of hydrazine groups is 1. The lowest BCUT2D eigenvalue weighted by Gasteiger charge is -2.16. The number of carbonyl (C=O) groups excluding carboxylic acids is 1. The van der Waals surface area contributed by atoms with Crippen LogP contribution < -0.4 is 21.7 Å². The molecule has 1 rings (SSSR count). The van der Waals surface area contributed by atoms with Gasteiger partial charge in [0.25, 0.3) is 0 Å². The first-order valence-electron chi connectivity index (χ1n) is 8.70. The monoisotopic (exact) mass is 401 g/mol. The summed E-state index contributed by atoms with van der Waals surface area (Å²) < 4.78 is 10.8. The Morgan fingerprint density at radius 2 is 2.08 bits per heavy atom. The minimum atomic E-state index is -0.601. The highest BCUT2D eigenvalue weighted by Crippen LogP contribution is 2.33. The maximum atomic E-state index is 11.8. The molecule has 8 heteroatoms. The number of hydrogen-bond donors (Lipinski definition) is 3. The highest BCUT2D eigenvalue weighted by molar-refractivity contribution is 8.03. The molecule has 1 atom stereocenters. The molecule has 0 spiro atoms. The summed E-state index contributed by atoms with van der Waals surface area (Å²) in [7, 11) is 0. The van der Waals surface area contributed by atoms with Crippen molar-refractivity contribution in [2.45, 2.75) is 44.9 Å². The maximum Gasteiger partial charge on any atom is 0.358 e. The Morgan fingerprint density at radius 1 is 1.35 bits per heavy atom. The number of thioether (sulfide) groups is 1. The Morgan fingerprint density at radius 3 is 2.65 bits per heavy atom. The van der Waals surface area contributed by atoms with E-state index < -0.39 is 5.97 Å². The molecule has 5 N–H and O–H groups in total. The molecule has 6 nitrogen and oxygen atoms in total. The molecular formula is C18H28ClN3O3S. The van der Waals surface area contributed by atoms with Gasteiger partial charge in [-0.15, -0.1) is 0 Å². The van der Waals surface area contributed by atoms with E-state index in [1.165, 1.54) is 11.8 Å². The zero-order chi connectivity index (χ0) is 19.5. The predicted molar refractivity (Wildman–Crippen MR) is 107 cm³/mol. The molecule has 0 saturated heterocycles. The van der Waals surface area contributed by atoms with Crippen molar-refractivity contribution in [3.05, 3.63) is 33.9 Å². The van der Waals surface area contributed by atoms with E-state index >= 15 is 0 Å². The standard InChI is InChI=1S/C18H28ClN3O3S/c1-4-7-12(5-2)11-25-15-10-13(8-9-14(15)19)26-17(20)16(22-21)18(23)24-6-3/h8-10,12,22H,4-7,11,20-21H2,1-3H3/b17-16+. The smallest absolute Gasteiger partial charge is 0.358 e. The lowest BCUT2D eigenvalue weighted by Crippen LogP contribution is -2.30. The molecule has 1 aromatic rings. The van der Waals surface area contributed by atoms with Crippen LogP contribution in [-0.4, -0.2) is 19.2 Å². The van der Waals surface area contributed by atoms with Gasteiger partial charge in [-0.3, -0.25) is 5.84 Å². The zero-order valence-electron chi connectivity index (χ0n) is 15.5. The Hall–Kier alpha value is -1.57. The van der Waals surface area contributed by atoms with Crippen molar-refractivity contribution >= 4 is 29.3 Å². The van der Waals surface area contributed by atoms with E-state index in [0.29, 0.717) is 23.3 Å². The van der Waals surface area contributed by atoms with Crippen LogP contribution in [0.15, 0.2) is 33.8 Å². The molecule has 0 amide bonds. The van der Waals surface area contributed by atoms with E-state index in [1.54, 1.807) is 25.1 Å². The third kappa shape index (κ3) is 6.97. The molecule has 0 heterocycles. The van der Waals surface area contributed by atoms with Crippen molar-refractivity contribution in [3.8, 4) is 5.75 Å². The van der Waals surface area contributed by atoms with Crippen LogP contribution in [0.5, 0.6) is 5.75 Å². The predicted octanol–water partition coefficient (Wildman–Crippen LogP) is 3.79. The first-order chi connectivity index (χ1) is 12.5. The van der Waals surface area contributed by atoms with E-state index in [-0.39, 0.29) is 17.3 Å². The second-order valence-corrected chi connectivity index (χ2v) is 7.19. The van der Waals surface area contributed by atoms with Crippen LogP contribution in [0.25, 0.3) is 0 Å². The van der Waals surface area contributed by atoms with Gasteiger partial charge in [-0.2, -0.15) is 0 Å². The topological polar surface area (TPSA) is 99.6 Å². The van der Waals surface area contributed by atoms with E-state index in [1.807, 2.05) is 0 Å². The highest BCUT2D eigenvalue weighted by Gasteiger charge is 2.16. The van der Waals surface area contributed by atoms with Crippen LogP contribution in [0.2, 0.25) is 5.02 Å². The fraction of sp³-hybridized carbons (Fsp3) is 0.500. The summed E-state index contributed by atoms with van der Waals surface area (Å²) >= 11 is 7.41. The van der Waals surface area contributed by atoms with E-state index in [4.69, 9.17) is 32.7 Å². The molecule has 1 unspecified atom stereocenters. The molecule has 26 heavy (non-hydrogen) atoms. The van der Waals surface area contributed by atoms with Crippen molar-refractivity contribution in [1.82, 2.24) is 5.43 Å². The van der Waals surface area contributed by atoms with Crippen LogP contribution in [0.1, 0.15) is 40.0 Å². The van der Waals surface area contributed by atoms with Gasteiger partial charge in [-0.25, -0.2) is 4.79 Å². The number of esters is 1. The first kappa shape index (κ1) is 22.5. The molecule has 0 saturated carbocycles. The Bertz CT molecular complexity index is 626. The fourth-order valence-electron chi connectivity index (χ4n) is 2.29. The molecule has 0 bridgehead atoms. The van der Waals surface area contributed by atoms with Crippen molar-refractivity contribution in [3.63, 3.8) is 0 Å². The zero-order valence-corrected chi connectivity index (χ0v) is 17.1. The lowest BCUT2D eigenvalue weighted by atomic mass is 10.0. The van der Waals surface area contributed by atoms with Crippen LogP contribution in [0.4, 0.5) is 0 Å². The van der Waals surface area contributed by atoms with Gasteiger partial charge in [0.1, 0.15) is 10.8 Å². The maximum absolute atomic E-state index is 11.8. The first-order valence-corrected chi connectivity index (χ1v) is 9.89. The average molecular weight is 402 g/mol. The summed E-state index contributed by atoms with van der Waals surface area (Å²) in [5, 5.41) is 0.738. The third-order valence-corrected chi connectivity index (χ3v) is 4.98. The second-order valence-electron chi connectivity index (χ2n) is 5.67. The third-order valence-electron chi connectivity index (χ3n) is 3.75. The number of carbonyl (C=O) groups is 1. The van der Waals surface area contributed by atoms with Gasteiger partial charge in [-0.1, -0.05) is 50.1 Å². The number of halogens is 1. The molecule has 0 radical (unpaired) electrons. The SMILES string of the molecule is CCCC(CC)COc1cc(S/C(N)=C(/NN)C(=O)OCC)ccc1Cl. The van der Waals surface area contributed by atoms with Gasteiger partial charge < -0.3 is 20.6 Å². The fourth-order valence-corrected chi connectivity index (χ4v) is 3.26. The van der Waals surface area contributed by atoms with Crippen molar-refractivity contribution in [2.24, 2.45) is 17.5 Å². The number of nitrogens with two attached hydrogens (primary N) is 2. The quantitative estimate of drug-likeness (QED) is 0.170. The number of nitrogens with one attached hydrogen (secondary N) is 1. The lowest BCUT2D eigenvalue weighted by molar-refractivity contribution is -0.139. The summed E-state index contributed by atoms with van der Waals surface area (Å²) in [5.41, 5.74) is 8.30. The Labute approximate surface area is 164 Å². The molecule has 1 aromatic carbocycles. The Balaban J connectivity index is 2.90. The molecular weight excluding hydrogens is 374 g/mol. The average Bonchev–Trinajstić information content (AvgIpc) is 2.61. The molecule has 0 aliphatic rings. The normalized spacial score (nSPS) is 13.0. The van der Waals surface area contributed by atoms with Crippen LogP contribution in [0.3, 0.4) is 0 Å². The molecule has 146 valence electrons. The van der Waals surface area contributed by atoms with Gasteiger partial charge >= 0.3 is 5.97 Å². The minimum Gasteiger partial charge on any atom is -0.492 e. The molecule has 0 aliphatic heterocycles. The van der Waals surface area contributed by atoms with E-state index in [9.17, 15) is 4.79 Å². The number of benzene rings is 1. The summed E-state index contributed by atoms with van der Waals surface area (Å²) in [6, 6.07) is 5.35. The van der Waals surface area contributed by atoms with E-state index in [0.717, 1.165) is 24.2 Å². The van der Waals surface area contributed by atoms with Gasteiger partial charge in [-0.05, 0) is 37.5 Å². The number of hydrogen-bond acceptors (Lipinski definition) is 7. The van der Waals surface area contributed by atoms with Crippen LogP contribution in [0, 0.1) is 5.92 Å². The van der Waals surface area contributed by atoms with Crippen molar-refractivity contribution in [1.29, 1.82) is 0 Å². The van der Waals surface area contributed by atoms with E-state index in [2.05, 4.69) is 19.3 Å². The second kappa shape index (κ2) is 11.9. The van der Waals surface area contributed by atoms with Crippen LogP contribution in [-0.2, 0) is 9.53 Å². The number of ether oxygens (including phenoxy) is 2. The van der Waals surface area contributed by atoms with Crippen LogP contribution >= 0.6 is 23.4 Å². The van der Waals surface area contributed by atoms with Crippen molar-refractivity contribution < 1.29 is 14.3 Å². The van der Waals surface area contributed by atoms with Gasteiger partial charge in [0.05, 0.1) is 18.2 Å².